The summed E-state index contributed by atoms with van der Waals surface area (Å²) in [5.41, 5.74) is -0.389. The minimum absolute atomic E-state index is 0.183. The fourth-order valence-corrected chi connectivity index (χ4v) is 2.18. The van der Waals surface area contributed by atoms with Gasteiger partial charge in [0, 0.05) is 0 Å². The van der Waals surface area contributed by atoms with Gasteiger partial charge >= 0.3 is 5.97 Å². The molecule has 88 valence electrons. The molecule has 0 heterocycles. The van der Waals surface area contributed by atoms with Crippen LogP contribution in [0.4, 0.5) is 0 Å². The van der Waals surface area contributed by atoms with Gasteiger partial charge in [-0.15, -0.1) is 0 Å². The third-order valence-electron chi connectivity index (χ3n) is 2.36. The van der Waals surface area contributed by atoms with Gasteiger partial charge in [0.2, 0.25) is 0 Å². The van der Waals surface area contributed by atoms with E-state index in [1.807, 2.05) is 20.8 Å². The Labute approximate surface area is 102 Å². The van der Waals surface area contributed by atoms with Gasteiger partial charge in [0.15, 0.2) is 0 Å². The number of allylic oxidation sites excluding steroid dienone is 1. The quantitative estimate of drug-likeness (QED) is 0.694. The van der Waals surface area contributed by atoms with Crippen LogP contribution in [0.2, 0.25) is 0 Å². The number of ether oxygens (including phenoxy) is 1. The lowest BCUT2D eigenvalue weighted by molar-refractivity contribution is -0.151. The molecule has 0 aliphatic heterocycles. The molecule has 4 heteroatoms. The molecule has 0 amide bonds. The Balaban J connectivity index is 4.79. The van der Waals surface area contributed by atoms with Crippen LogP contribution in [0.1, 0.15) is 34.1 Å². The first-order chi connectivity index (χ1) is 6.85. The Morgan fingerprint density at radius 1 is 1.40 bits per heavy atom. The third kappa shape index (κ3) is 4.89. The van der Waals surface area contributed by atoms with Crippen LogP contribution in [0.25, 0.3) is 0 Å². The minimum Gasteiger partial charge on any atom is -0.466 e. The maximum atomic E-state index is 11.7. The number of carbonyl (C=O) groups excluding carboxylic acids is 1. The number of hydrogen-bond donors (Lipinski definition) is 0. The Bertz CT molecular complexity index is 243. The van der Waals surface area contributed by atoms with Crippen LogP contribution in [-0.4, -0.2) is 12.6 Å². The zero-order valence-corrected chi connectivity index (χ0v) is 11.2. The van der Waals surface area contributed by atoms with Crippen LogP contribution in [0.15, 0.2) is 10.6 Å². The van der Waals surface area contributed by atoms with Crippen molar-refractivity contribution in [2.45, 2.75) is 34.1 Å². The highest BCUT2D eigenvalue weighted by molar-refractivity contribution is 6.55. The SMILES string of the molecule is CCOC(=O)C(CC)C(C)(C)C=C(Cl)Cl. The fourth-order valence-electron chi connectivity index (χ4n) is 1.62. The van der Waals surface area contributed by atoms with E-state index in [0.29, 0.717) is 13.0 Å². The smallest absolute Gasteiger partial charge is 0.309 e. The van der Waals surface area contributed by atoms with Gasteiger partial charge in [-0.05, 0) is 24.8 Å². The van der Waals surface area contributed by atoms with E-state index in [4.69, 9.17) is 27.9 Å². The minimum atomic E-state index is -0.389. The van der Waals surface area contributed by atoms with Crippen molar-refractivity contribution in [1.29, 1.82) is 0 Å². The van der Waals surface area contributed by atoms with Crippen molar-refractivity contribution in [1.82, 2.24) is 0 Å². The molecule has 0 fully saturated rings. The molecular weight excluding hydrogens is 235 g/mol. The number of rotatable bonds is 5. The normalized spacial score (nSPS) is 13.2. The average Bonchev–Trinajstić information content (AvgIpc) is 2.01. The van der Waals surface area contributed by atoms with E-state index in [1.54, 1.807) is 13.0 Å². The van der Waals surface area contributed by atoms with Crippen molar-refractivity contribution in [2.75, 3.05) is 6.61 Å². The predicted molar refractivity (Wildman–Crippen MR) is 64.0 cm³/mol. The van der Waals surface area contributed by atoms with Crippen LogP contribution < -0.4 is 0 Å². The molecule has 0 spiro atoms. The third-order valence-corrected chi connectivity index (χ3v) is 2.58. The van der Waals surface area contributed by atoms with Crippen molar-refractivity contribution < 1.29 is 9.53 Å². The second-order valence-corrected chi connectivity index (χ2v) is 4.98. The lowest BCUT2D eigenvalue weighted by atomic mass is 9.77. The second kappa shape index (κ2) is 6.39. The Morgan fingerprint density at radius 2 is 1.93 bits per heavy atom. The molecule has 0 radical (unpaired) electrons. The van der Waals surface area contributed by atoms with Gasteiger partial charge in [-0.3, -0.25) is 4.79 Å². The van der Waals surface area contributed by atoms with E-state index in [2.05, 4.69) is 0 Å². The molecule has 1 atom stereocenters. The largest absolute Gasteiger partial charge is 0.466 e. The summed E-state index contributed by atoms with van der Waals surface area (Å²) in [6.45, 7) is 7.97. The summed E-state index contributed by atoms with van der Waals surface area (Å²) in [5, 5.41) is 0. The number of hydrogen-bond acceptors (Lipinski definition) is 2. The van der Waals surface area contributed by atoms with E-state index >= 15 is 0 Å². The molecule has 0 bridgehead atoms. The fraction of sp³-hybridized carbons (Fsp3) is 0.727. The zero-order valence-electron chi connectivity index (χ0n) is 9.64. The van der Waals surface area contributed by atoms with Crippen LogP contribution >= 0.6 is 23.2 Å². The molecule has 2 nitrogen and oxygen atoms in total. The highest BCUT2D eigenvalue weighted by atomic mass is 35.5. The maximum Gasteiger partial charge on any atom is 0.309 e. The molecular formula is C11H18Cl2O2. The first-order valence-corrected chi connectivity index (χ1v) is 5.81. The number of halogens is 2. The Morgan fingerprint density at radius 3 is 2.27 bits per heavy atom. The molecule has 0 saturated heterocycles. The maximum absolute atomic E-state index is 11.7. The van der Waals surface area contributed by atoms with Crippen molar-refractivity contribution in [2.24, 2.45) is 11.3 Å². The van der Waals surface area contributed by atoms with E-state index < -0.39 is 0 Å². The van der Waals surface area contributed by atoms with Gasteiger partial charge < -0.3 is 4.74 Å². The van der Waals surface area contributed by atoms with Gasteiger partial charge in [-0.25, -0.2) is 0 Å². The van der Waals surface area contributed by atoms with Gasteiger partial charge in [-0.1, -0.05) is 44.0 Å². The van der Waals surface area contributed by atoms with Gasteiger partial charge in [-0.2, -0.15) is 0 Å². The molecule has 1 unspecified atom stereocenters. The lowest BCUT2D eigenvalue weighted by Crippen LogP contribution is -2.30. The van der Waals surface area contributed by atoms with Crippen molar-refractivity contribution >= 4 is 29.2 Å². The molecule has 0 saturated carbocycles. The molecule has 0 N–H and O–H groups in total. The summed E-state index contributed by atoms with van der Waals surface area (Å²) < 4.78 is 5.19. The standard InChI is InChI=1S/C11H18Cl2O2/c1-5-8(10(14)15-6-2)11(3,4)7-9(12)13/h7-8H,5-6H2,1-4H3. The summed E-state index contributed by atoms with van der Waals surface area (Å²) >= 11 is 11.2. The predicted octanol–water partition coefficient (Wildman–Crippen LogP) is 3.92. The first-order valence-electron chi connectivity index (χ1n) is 5.05. The lowest BCUT2D eigenvalue weighted by Gasteiger charge is -2.28. The Hall–Kier alpha value is -0.210. The van der Waals surface area contributed by atoms with Gasteiger partial charge in [0.05, 0.1) is 12.5 Å². The van der Waals surface area contributed by atoms with E-state index in [-0.39, 0.29) is 21.8 Å². The van der Waals surface area contributed by atoms with Crippen LogP contribution in [0.5, 0.6) is 0 Å². The molecule has 0 aliphatic carbocycles. The van der Waals surface area contributed by atoms with Crippen molar-refractivity contribution in [3.05, 3.63) is 10.6 Å². The van der Waals surface area contributed by atoms with E-state index in [0.717, 1.165) is 0 Å². The van der Waals surface area contributed by atoms with E-state index in [9.17, 15) is 4.79 Å². The molecule has 0 aliphatic rings. The number of carbonyl (C=O) groups is 1. The van der Waals surface area contributed by atoms with Crippen LogP contribution in [-0.2, 0) is 9.53 Å². The molecule has 0 aromatic rings. The summed E-state index contributed by atoms with van der Waals surface area (Å²) in [7, 11) is 0. The highest BCUT2D eigenvalue weighted by Gasteiger charge is 2.33. The van der Waals surface area contributed by atoms with Gasteiger partial charge in [0.25, 0.3) is 0 Å². The summed E-state index contributed by atoms with van der Waals surface area (Å²) in [6.07, 6.45) is 2.38. The van der Waals surface area contributed by atoms with Crippen molar-refractivity contribution in [3.63, 3.8) is 0 Å². The zero-order chi connectivity index (χ0) is 12.1. The topological polar surface area (TPSA) is 26.3 Å². The molecule has 15 heavy (non-hydrogen) atoms. The van der Waals surface area contributed by atoms with Crippen LogP contribution in [0, 0.1) is 11.3 Å². The summed E-state index contributed by atoms with van der Waals surface area (Å²) in [6, 6.07) is 0. The number of esters is 1. The average molecular weight is 253 g/mol. The summed E-state index contributed by atoms with van der Waals surface area (Å²) in [5.74, 6) is -0.416. The second-order valence-electron chi connectivity index (χ2n) is 3.97. The summed E-state index contributed by atoms with van der Waals surface area (Å²) in [4.78, 5) is 11.7. The van der Waals surface area contributed by atoms with Gasteiger partial charge in [0.1, 0.15) is 4.49 Å². The molecule has 0 rings (SSSR count). The van der Waals surface area contributed by atoms with E-state index in [1.165, 1.54) is 0 Å². The monoisotopic (exact) mass is 252 g/mol. The highest BCUT2D eigenvalue weighted by Crippen LogP contribution is 2.34. The first kappa shape index (κ1) is 14.8. The molecule has 0 aromatic heterocycles. The molecule has 0 aromatic carbocycles. The Kier molecular flexibility index (Phi) is 6.30. The van der Waals surface area contributed by atoms with Crippen LogP contribution in [0.3, 0.4) is 0 Å². The van der Waals surface area contributed by atoms with Crippen molar-refractivity contribution in [3.8, 4) is 0 Å².